The Morgan fingerprint density at radius 3 is 2.20 bits per heavy atom. The van der Waals surface area contributed by atoms with Gasteiger partial charge < -0.3 is 9.64 Å². The molecule has 0 spiro atoms. The topological polar surface area (TPSA) is 32.8 Å². The van der Waals surface area contributed by atoms with Crippen LogP contribution in [-0.4, -0.2) is 60.6 Å². The number of hydrogen-bond donors (Lipinski definition) is 0. The number of likely N-dealkylation sites (tertiary alicyclic amines) is 1. The summed E-state index contributed by atoms with van der Waals surface area (Å²) in [5.74, 6) is 0.585. The number of piperidine rings is 1. The van der Waals surface area contributed by atoms with Gasteiger partial charge in [-0.3, -0.25) is 9.69 Å². The molecule has 1 amide bonds. The fourth-order valence-corrected chi connectivity index (χ4v) is 4.67. The maximum absolute atomic E-state index is 12.7. The van der Waals surface area contributed by atoms with Crippen molar-refractivity contribution in [2.45, 2.75) is 64.3 Å². The van der Waals surface area contributed by atoms with Gasteiger partial charge in [0.25, 0.3) is 0 Å². The molecule has 2 heterocycles. The molecule has 0 aromatic heterocycles. The number of amides is 1. The lowest BCUT2D eigenvalue weighted by molar-refractivity contribution is -0.137. The minimum atomic E-state index is -4.33. The first kappa shape index (κ1) is 23.1. The van der Waals surface area contributed by atoms with Crippen molar-refractivity contribution in [1.29, 1.82) is 0 Å². The predicted octanol–water partition coefficient (Wildman–Crippen LogP) is 4.55. The first-order valence-corrected chi connectivity index (χ1v) is 10.9. The van der Waals surface area contributed by atoms with E-state index < -0.39 is 11.7 Å². The molecule has 4 nitrogen and oxygen atoms in total. The number of rotatable bonds is 5. The van der Waals surface area contributed by atoms with E-state index in [1.807, 2.05) is 11.8 Å². The number of alkyl halides is 3. The number of hydrogen-bond acceptors (Lipinski definition) is 3. The van der Waals surface area contributed by atoms with Crippen LogP contribution >= 0.6 is 0 Å². The maximum atomic E-state index is 12.7. The van der Waals surface area contributed by atoms with Crippen LogP contribution in [0, 0.1) is 5.92 Å². The van der Waals surface area contributed by atoms with Crippen LogP contribution in [0.5, 0.6) is 0 Å². The molecule has 30 heavy (non-hydrogen) atoms. The Bertz CT molecular complexity index is 689. The summed E-state index contributed by atoms with van der Waals surface area (Å²) in [4.78, 5) is 17.1. The molecule has 2 aliphatic rings. The van der Waals surface area contributed by atoms with Crippen LogP contribution in [0.1, 0.15) is 57.1 Å². The molecule has 2 saturated heterocycles. The lowest BCUT2D eigenvalue weighted by Crippen LogP contribution is -2.48. The Balaban J connectivity index is 1.44. The predicted molar refractivity (Wildman–Crippen MR) is 110 cm³/mol. The first-order chi connectivity index (χ1) is 14.1. The Hall–Kier alpha value is -1.60. The fourth-order valence-electron chi connectivity index (χ4n) is 4.67. The molecule has 2 fully saturated rings. The van der Waals surface area contributed by atoms with Gasteiger partial charge >= 0.3 is 6.18 Å². The van der Waals surface area contributed by atoms with Gasteiger partial charge in [-0.25, -0.2) is 0 Å². The van der Waals surface area contributed by atoms with Crippen molar-refractivity contribution in [2.75, 3.05) is 32.7 Å². The van der Waals surface area contributed by atoms with E-state index in [0.717, 1.165) is 63.3 Å². The number of morpholine rings is 1. The summed E-state index contributed by atoms with van der Waals surface area (Å²) in [7, 11) is 0. The zero-order valence-corrected chi connectivity index (χ0v) is 18.1. The smallest absolute Gasteiger partial charge is 0.373 e. The average molecular weight is 427 g/mol. The Kier molecular flexibility index (Phi) is 7.45. The molecule has 1 aromatic carbocycles. The monoisotopic (exact) mass is 426 g/mol. The van der Waals surface area contributed by atoms with Crippen LogP contribution in [0.3, 0.4) is 0 Å². The lowest BCUT2D eigenvalue weighted by atomic mass is 9.93. The van der Waals surface area contributed by atoms with Crippen molar-refractivity contribution in [2.24, 2.45) is 5.92 Å². The van der Waals surface area contributed by atoms with E-state index in [2.05, 4.69) is 18.7 Å². The van der Waals surface area contributed by atoms with Crippen LogP contribution in [0.2, 0.25) is 0 Å². The van der Waals surface area contributed by atoms with E-state index in [-0.39, 0.29) is 24.0 Å². The third-order valence-corrected chi connectivity index (χ3v) is 6.27. The summed E-state index contributed by atoms with van der Waals surface area (Å²) in [5.41, 5.74) is 0.109. The van der Waals surface area contributed by atoms with Crippen LogP contribution < -0.4 is 0 Å². The second-order valence-electron chi connectivity index (χ2n) is 9.02. The van der Waals surface area contributed by atoms with Crippen molar-refractivity contribution >= 4 is 5.91 Å². The summed E-state index contributed by atoms with van der Waals surface area (Å²) in [6.07, 6.45) is -1.47. The SMILES string of the molecule is CC1CN(CC2CCN(C(=O)CC(C)c3ccc(C(F)(F)F)cc3)CC2)CC(C)O1. The van der Waals surface area contributed by atoms with Gasteiger partial charge in [-0.2, -0.15) is 13.2 Å². The highest BCUT2D eigenvalue weighted by Gasteiger charge is 2.31. The molecule has 1 aromatic rings. The molecule has 2 aliphatic heterocycles. The number of carbonyl (C=O) groups excluding carboxylic acids is 1. The minimum Gasteiger partial charge on any atom is -0.373 e. The van der Waals surface area contributed by atoms with Gasteiger partial charge in [0.1, 0.15) is 0 Å². The van der Waals surface area contributed by atoms with Gasteiger partial charge in [-0.1, -0.05) is 19.1 Å². The molecule has 0 N–H and O–H groups in total. The van der Waals surface area contributed by atoms with E-state index >= 15 is 0 Å². The molecule has 168 valence electrons. The number of benzene rings is 1. The van der Waals surface area contributed by atoms with E-state index in [1.165, 1.54) is 12.1 Å². The highest BCUT2D eigenvalue weighted by Crippen LogP contribution is 2.31. The molecular weight excluding hydrogens is 393 g/mol. The van der Waals surface area contributed by atoms with Crippen molar-refractivity contribution in [3.8, 4) is 0 Å². The lowest BCUT2D eigenvalue weighted by Gasteiger charge is -2.39. The van der Waals surface area contributed by atoms with E-state index in [9.17, 15) is 18.0 Å². The second kappa shape index (κ2) is 9.69. The van der Waals surface area contributed by atoms with Gasteiger partial charge in [0.2, 0.25) is 5.91 Å². The second-order valence-corrected chi connectivity index (χ2v) is 9.02. The summed E-state index contributed by atoms with van der Waals surface area (Å²) in [5, 5.41) is 0. The van der Waals surface area contributed by atoms with Crippen molar-refractivity contribution in [3.05, 3.63) is 35.4 Å². The first-order valence-electron chi connectivity index (χ1n) is 10.9. The van der Waals surface area contributed by atoms with Gasteiger partial charge in [0.15, 0.2) is 0 Å². The molecule has 0 saturated carbocycles. The normalized spacial score (nSPS) is 25.3. The van der Waals surface area contributed by atoms with Crippen LogP contribution in [0.4, 0.5) is 13.2 Å². The Labute approximate surface area is 177 Å². The van der Waals surface area contributed by atoms with Gasteiger partial charge in [-0.05, 0) is 56.2 Å². The van der Waals surface area contributed by atoms with Crippen molar-refractivity contribution < 1.29 is 22.7 Å². The van der Waals surface area contributed by atoms with E-state index in [1.54, 1.807) is 0 Å². The van der Waals surface area contributed by atoms with E-state index in [0.29, 0.717) is 12.3 Å². The number of carbonyl (C=O) groups is 1. The zero-order valence-electron chi connectivity index (χ0n) is 18.1. The maximum Gasteiger partial charge on any atom is 0.416 e. The summed E-state index contributed by atoms with van der Waals surface area (Å²) in [6.45, 7) is 10.6. The third kappa shape index (κ3) is 6.20. The minimum absolute atomic E-state index is 0.0921. The average Bonchev–Trinajstić information content (AvgIpc) is 2.67. The molecule has 0 aliphatic carbocycles. The van der Waals surface area contributed by atoms with Crippen molar-refractivity contribution in [1.82, 2.24) is 9.80 Å². The van der Waals surface area contributed by atoms with Gasteiger partial charge in [0, 0.05) is 39.1 Å². The van der Waals surface area contributed by atoms with E-state index in [4.69, 9.17) is 4.74 Å². The molecular formula is C23H33F3N2O2. The van der Waals surface area contributed by atoms with Crippen LogP contribution in [-0.2, 0) is 15.7 Å². The Morgan fingerprint density at radius 1 is 1.10 bits per heavy atom. The zero-order chi connectivity index (χ0) is 21.9. The summed E-state index contributed by atoms with van der Waals surface area (Å²) >= 11 is 0. The van der Waals surface area contributed by atoms with Crippen molar-refractivity contribution in [3.63, 3.8) is 0 Å². The Morgan fingerprint density at radius 2 is 1.67 bits per heavy atom. The number of halogens is 3. The van der Waals surface area contributed by atoms with Crippen LogP contribution in [0.15, 0.2) is 24.3 Å². The summed E-state index contributed by atoms with van der Waals surface area (Å²) in [6, 6.07) is 5.15. The quantitative estimate of drug-likeness (QED) is 0.693. The number of nitrogens with zero attached hydrogens (tertiary/aromatic N) is 2. The largest absolute Gasteiger partial charge is 0.416 e. The summed E-state index contributed by atoms with van der Waals surface area (Å²) < 4.78 is 44.0. The molecule has 3 atom stereocenters. The van der Waals surface area contributed by atoms with Gasteiger partial charge in [-0.15, -0.1) is 0 Å². The fraction of sp³-hybridized carbons (Fsp3) is 0.696. The highest BCUT2D eigenvalue weighted by molar-refractivity contribution is 5.77. The molecule has 0 radical (unpaired) electrons. The standard InChI is InChI=1S/C23H33F3N2O2/c1-16(20-4-6-21(7-5-20)23(24,25)26)12-22(29)28-10-8-19(9-11-28)15-27-13-17(2)30-18(3)14-27/h4-7,16-19H,8-15H2,1-3H3. The molecule has 3 unspecified atom stereocenters. The number of ether oxygens (including phenoxy) is 1. The molecule has 0 bridgehead atoms. The van der Waals surface area contributed by atoms with Gasteiger partial charge in [0.05, 0.1) is 17.8 Å². The highest BCUT2D eigenvalue weighted by atomic mass is 19.4. The third-order valence-electron chi connectivity index (χ3n) is 6.27. The molecule has 3 rings (SSSR count). The van der Waals surface area contributed by atoms with Crippen LogP contribution in [0.25, 0.3) is 0 Å². The molecule has 7 heteroatoms.